The first-order chi connectivity index (χ1) is 10.8. The van der Waals surface area contributed by atoms with E-state index in [9.17, 15) is 9.59 Å². The number of nitrogens with one attached hydrogen (secondary N) is 1. The highest BCUT2D eigenvalue weighted by atomic mass is 16.6. The Morgan fingerprint density at radius 1 is 1.17 bits per heavy atom. The Hall–Kier alpha value is -2.04. The molecule has 1 N–H and O–H groups in total. The highest BCUT2D eigenvalue weighted by molar-refractivity contribution is 5.89. The molecule has 0 saturated carbocycles. The van der Waals surface area contributed by atoms with Gasteiger partial charge in [0, 0.05) is 0 Å². The number of amides is 1. The average Bonchev–Trinajstić information content (AvgIpc) is 2.49. The number of carbonyl (C=O) groups excluding carboxylic acids is 2. The van der Waals surface area contributed by atoms with Crippen molar-refractivity contribution in [3.8, 4) is 0 Å². The lowest BCUT2D eigenvalue weighted by Gasteiger charge is -2.22. The number of benzene rings is 1. The van der Waals surface area contributed by atoms with Crippen molar-refractivity contribution in [2.75, 3.05) is 6.54 Å². The van der Waals surface area contributed by atoms with Crippen LogP contribution in [0.3, 0.4) is 0 Å². The predicted octanol–water partition coefficient (Wildman–Crippen LogP) is 3.93. The lowest BCUT2D eigenvalue weighted by molar-refractivity contribution is 0.0232. The number of alkyl carbamates (subject to hydrolysis) is 1. The fourth-order valence-electron chi connectivity index (χ4n) is 1.94. The Labute approximate surface area is 138 Å². The molecule has 23 heavy (non-hydrogen) atoms. The largest absolute Gasteiger partial charge is 0.457 e. The van der Waals surface area contributed by atoms with Crippen LogP contribution in [0.5, 0.6) is 0 Å². The van der Waals surface area contributed by atoms with Crippen LogP contribution in [0.1, 0.15) is 57.3 Å². The number of hydrogen-bond acceptors (Lipinski definition) is 4. The van der Waals surface area contributed by atoms with Crippen LogP contribution in [0.15, 0.2) is 30.3 Å². The monoisotopic (exact) mass is 321 g/mol. The van der Waals surface area contributed by atoms with Crippen LogP contribution in [0.4, 0.5) is 4.79 Å². The highest BCUT2D eigenvalue weighted by Crippen LogP contribution is 2.10. The van der Waals surface area contributed by atoms with Crippen molar-refractivity contribution >= 4 is 12.1 Å². The molecule has 1 rings (SSSR count). The van der Waals surface area contributed by atoms with E-state index in [2.05, 4.69) is 12.2 Å². The summed E-state index contributed by atoms with van der Waals surface area (Å²) in [5.41, 5.74) is -0.0461. The first-order valence-electron chi connectivity index (χ1n) is 8.04. The number of ether oxygens (including phenoxy) is 2. The van der Waals surface area contributed by atoms with Gasteiger partial charge in [0.2, 0.25) is 0 Å². The summed E-state index contributed by atoms with van der Waals surface area (Å²) in [6, 6.07) is 8.84. The fourth-order valence-corrected chi connectivity index (χ4v) is 1.94. The molecule has 0 heterocycles. The van der Waals surface area contributed by atoms with Gasteiger partial charge < -0.3 is 14.8 Å². The maximum atomic E-state index is 12.1. The van der Waals surface area contributed by atoms with Crippen molar-refractivity contribution in [3.05, 3.63) is 35.9 Å². The second-order valence-electron chi connectivity index (χ2n) is 6.42. The van der Waals surface area contributed by atoms with Crippen LogP contribution in [0.25, 0.3) is 0 Å². The minimum absolute atomic E-state index is 0.244. The first kappa shape index (κ1) is 19.0. The smallest absolute Gasteiger partial charge is 0.407 e. The Bertz CT molecular complexity index is 493. The van der Waals surface area contributed by atoms with Gasteiger partial charge in [0.15, 0.2) is 0 Å². The maximum absolute atomic E-state index is 12.1. The molecule has 128 valence electrons. The van der Waals surface area contributed by atoms with E-state index in [0.29, 0.717) is 12.0 Å². The summed E-state index contributed by atoms with van der Waals surface area (Å²) in [5, 5.41) is 2.67. The molecule has 1 aromatic carbocycles. The summed E-state index contributed by atoms with van der Waals surface area (Å²) in [5.74, 6) is -0.377. The summed E-state index contributed by atoms with van der Waals surface area (Å²) in [6.45, 7) is 7.72. The topological polar surface area (TPSA) is 64.6 Å². The number of unbranched alkanes of at least 4 members (excludes halogenated alkanes) is 1. The van der Waals surface area contributed by atoms with Gasteiger partial charge >= 0.3 is 12.1 Å². The summed E-state index contributed by atoms with van der Waals surface area (Å²) < 4.78 is 10.7. The van der Waals surface area contributed by atoms with E-state index >= 15 is 0 Å². The van der Waals surface area contributed by atoms with E-state index in [4.69, 9.17) is 9.47 Å². The average molecular weight is 321 g/mol. The third-order valence-corrected chi connectivity index (χ3v) is 3.04. The molecule has 5 heteroatoms. The van der Waals surface area contributed by atoms with E-state index in [1.54, 1.807) is 45.0 Å². The van der Waals surface area contributed by atoms with Crippen LogP contribution in [-0.2, 0) is 9.47 Å². The second kappa shape index (κ2) is 9.18. The molecule has 0 aliphatic rings. The van der Waals surface area contributed by atoms with Crippen LogP contribution in [-0.4, -0.2) is 30.3 Å². The molecule has 0 bridgehead atoms. The number of hydrogen-bond donors (Lipinski definition) is 1. The molecule has 1 aromatic rings. The molecule has 0 radical (unpaired) electrons. The zero-order chi connectivity index (χ0) is 17.3. The van der Waals surface area contributed by atoms with E-state index < -0.39 is 11.7 Å². The molecule has 0 fully saturated rings. The third-order valence-electron chi connectivity index (χ3n) is 3.04. The minimum atomic E-state index is -0.552. The first-order valence-corrected chi connectivity index (χ1v) is 8.04. The Morgan fingerprint density at radius 3 is 2.39 bits per heavy atom. The summed E-state index contributed by atoms with van der Waals surface area (Å²) in [6.07, 6.45) is 1.74. The van der Waals surface area contributed by atoms with Crippen molar-refractivity contribution in [1.82, 2.24) is 5.32 Å². The van der Waals surface area contributed by atoms with Gasteiger partial charge in [-0.2, -0.15) is 0 Å². The summed E-state index contributed by atoms with van der Waals surface area (Å²) >= 11 is 0. The molecule has 5 nitrogen and oxygen atoms in total. The predicted molar refractivity (Wildman–Crippen MR) is 89.4 cm³/mol. The van der Waals surface area contributed by atoms with Crippen molar-refractivity contribution < 1.29 is 19.1 Å². The Balaban J connectivity index is 2.55. The van der Waals surface area contributed by atoms with Gasteiger partial charge in [-0.15, -0.1) is 0 Å². The molecular formula is C18H27NO4. The van der Waals surface area contributed by atoms with Crippen molar-refractivity contribution in [3.63, 3.8) is 0 Å². The van der Waals surface area contributed by atoms with Crippen LogP contribution in [0.2, 0.25) is 0 Å². The van der Waals surface area contributed by atoms with Gasteiger partial charge in [-0.3, -0.25) is 0 Å². The lowest BCUT2D eigenvalue weighted by Crippen LogP contribution is -2.38. The molecule has 1 amide bonds. The van der Waals surface area contributed by atoms with E-state index in [-0.39, 0.29) is 18.6 Å². The van der Waals surface area contributed by atoms with Crippen molar-refractivity contribution in [2.24, 2.45) is 0 Å². The van der Waals surface area contributed by atoms with Crippen molar-refractivity contribution in [2.45, 2.75) is 58.7 Å². The van der Waals surface area contributed by atoms with Gasteiger partial charge in [0.25, 0.3) is 0 Å². The SMILES string of the molecule is CCCCC(CNC(=O)OC(C)(C)C)OC(=O)c1ccccc1. The number of rotatable bonds is 7. The zero-order valence-corrected chi connectivity index (χ0v) is 14.4. The summed E-state index contributed by atoms with van der Waals surface area (Å²) in [4.78, 5) is 23.8. The standard InChI is InChI=1S/C18H27NO4/c1-5-6-12-15(13-19-17(21)23-18(2,3)4)22-16(20)14-10-8-7-9-11-14/h7-11,15H,5-6,12-13H2,1-4H3,(H,19,21). The van der Waals surface area contributed by atoms with E-state index in [1.807, 2.05) is 6.07 Å². The molecule has 0 aromatic heterocycles. The third kappa shape index (κ3) is 8.24. The van der Waals surface area contributed by atoms with Crippen LogP contribution >= 0.6 is 0 Å². The molecular weight excluding hydrogens is 294 g/mol. The highest BCUT2D eigenvalue weighted by Gasteiger charge is 2.19. The van der Waals surface area contributed by atoms with E-state index in [1.165, 1.54) is 0 Å². The van der Waals surface area contributed by atoms with Gasteiger partial charge in [-0.05, 0) is 45.7 Å². The number of esters is 1. The molecule has 0 saturated heterocycles. The Kier molecular flexibility index (Phi) is 7.59. The Morgan fingerprint density at radius 2 is 1.83 bits per heavy atom. The van der Waals surface area contributed by atoms with Gasteiger partial charge in [0.1, 0.15) is 11.7 Å². The molecule has 0 spiro atoms. The molecule has 1 unspecified atom stereocenters. The quantitative estimate of drug-likeness (QED) is 0.773. The van der Waals surface area contributed by atoms with Gasteiger partial charge in [-0.1, -0.05) is 31.5 Å². The lowest BCUT2D eigenvalue weighted by atomic mass is 10.1. The zero-order valence-electron chi connectivity index (χ0n) is 14.4. The van der Waals surface area contributed by atoms with E-state index in [0.717, 1.165) is 12.8 Å². The number of carbonyl (C=O) groups is 2. The van der Waals surface area contributed by atoms with Crippen LogP contribution < -0.4 is 5.32 Å². The van der Waals surface area contributed by atoms with Crippen LogP contribution in [0, 0.1) is 0 Å². The normalized spacial score (nSPS) is 12.3. The maximum Gasteiger partial charge on any atom is 0.407 e. The second-order valence-corrected chi connectivity index (χ2v) is 6.42. The molecule has 1 atom stereocenters. The van der Waals surface area contributed by atoms with Gasteiger partial charge in [-0.25, -0.2) is 9.59 Å². The minimum Gasteiger partial charge on any atom is -0.457 e. The molecule has 0 aliphatic carbocycles. The molecule has 0 aliphatic heterocycles. The summed E-state index contributed by atoms with van der Waals surface area (Å²) in [7, 11) is 0. The fraction of sp³-hybridized carbons (Fsp3) is 0.556. The van der Waals surface area contributed by atoms with Gasteiger partial charge in [0.05, 0.1) is 12.1 Å². The van der Waals surface area contributed by atoms with Crippen molar-refractivity contribution in [1.29, 1.82) is 0 Å².